The maximum absolute atomic E-state index is 5.66. The number of hydrogen-bond donors (Lipinski definition) is 1. The standard InChI is InChI=1S/C17H27N3/c1-19-9-7-16-12-15(2-3-17(16)19)13-20-10-5-14(4-8-18)6-11-20/h2-3,12,14H,4-11,13,18H2,1H3. The Labute approximate surface area is 122 Å². The smallest absolute Gasteiger partial charge is 0.0397 e. The van der Waals surface area contributed by atoms with Crippen molar-refractivity contribution in [1.82, 2.24) is 4.90 Å². The summed E-state index contributed by atoms with van der Waals surface area (Å²) < 4.78 is 0. The summed E-state index contributed by atoms with van der Waals surface area (Å²) in [7, 11) is 2.19. The first-order valence-corrected chi connectivity index (χ1v) is 8.01. The Hall–Kier alpha value is -1.06. The molecular formula is C17H27N3. The maximum Gasteiger partial charge on any atom is 0.0397 e. The van der Waals surface area contributed by atoms with Crippen LogP contribution in [0.15, 0.2) is 18.2 Å². The molecule has 2 aliphatic heterocycles. The number of nitrogens with two attached hydrogens (primary N) is 1. The van der Waals surface area contributed by atoms with Crippen LogP contribution in [-0.2, 0) is 13.0 Å². The summed E-state index contributed by atoms with van der Waals surface area (Å²) in [5, 5.41) is 0. The average Bonchev–Trinajstić information content (AvgIpc) is 2.83. The van der Waals surface area contributed by atoms with Crippen molar-refractivity contribution in [1.29, 1.82) is 0 Å². The molecule has 3 nitrogen and oxygen atoms in total. The van der Waals surface area contributed by atoms with Gasteiger partial charge in [0.2, 0.25) is 0 Å². The Morgan fingerprint density at radius 2 is 2.00 bits per heavy atom. The minimum absolute atomic E-state index is 0.850. The molecule has 3 rings (SSSR count). The second kappa shape index (κ2) is 6.15. The molecule has 0 spiro atoms. The number of anilines is 1. The number of rotatable bonds is 4. The van der Waals surface area contributed by atoms with Crippen LogP contribution in [-0.4, -0.2) is 38.1 Å². The van der Waals surface area contributed by atoms with E-state index in [1.54, 1.807) is 0 Å². The zero-order valence-electron chi connectivity index (χ0n) is 12.6. The first-order chi connectivity index (χ1) is 9.76. The molecule has 110 valence electrons. The van der Waals surface area contributed by atoms with E-state index in [4.69, 9.17) is 5.73 Å². The van der Waals surface area contributed by atoms with Crippen molar-refractivity contribution in [3.8, 4) is 0 Å². The highest BCUT2D eigenvalue weighted by molar-refractivity contribution is 5.58. The Kier molecular flexibility index (Phi) is 4.27. The van der Waals surface area contributed by atoms with E-state index in [0.717, 1.165) is 19.0 Å². The van der Waals surface area contributed by atoms with Crippen molar-refractivity contribution >= 4 is 5.69 Å². The van der Waals surface area contributed by atoms with Crippen LogP contribution in [0, 0.1) is 5.92 Å². The fourth-order valence-corrected chi connectivity index (χ4v) is 3.65. The van der Waals surface area contributed by atoms with Gasteiger partial charge in [0.25, 0.3) is 0 Å². The van der Waals surface area contributed by atoms with Gasteiger partial charge < -0.3 is 10.6 Å². The van der Waals surface area contributed by atoms with E-state index in [-0.39, 0.29) is 0 Å². The molecule has 0 bridgehead atoms. The van der Waals surface area contributed by atoms with Crippen molar-refractivity contribution in [2.24, 2.45) is 11.7 Å². The Balaban J connectivity index is 1.57. The van der Waals surface area contributed by atoms with Crippen LogP contribution in [0.5, 0.6) is 0 Å². The number of nitrogens with zero attached hydrogens (tertiary/aromatic N) is 2. The van der Waals surface area contributed by atoms with Crippen LogP contribution in [0.3, 0.4) is 0 Å². The van der Waals surface area contributed by atoms with E-state index in [1.165, 1.54) is 62.1 Å². The van der Waals surface area contributed by atoms with E-state index in [0.29, 0.717) is 0 Å². The number of benzene rings is 1. The number of hydrogen-bond acceptors (Lipinski definition) is 3. The molecule has 2 N–H and O–H groups in total. The van der Waals surface area contributed by atoms with Crippen molar-refractivity contribution in [2.75, 3.05) is 38.1 Å². The first kappa shape index (κ1) is 13.9. The predicted molar refractivity (Wildman–Crippen MR) is 85.1 cm³/mol. The number of fused-ring (bicyclic) bond motifs is 1. The molecule has 1 aromatic rings. The van der Waals surface area contributed by atoms with E-state index < -0.39 is 0 Å². The molecule has 0 radical (unpaired) electrons. The average molecular weight is 273 g/mol. The Morgan fingerprint density at radius 1 is 1.20 bits per heavy atom. The summed E-state index contributed by atoms with van der Waals surface area (Å²) in [6, 6.07) is 7.04. The Morgan fingerprint density at radius 3 is 2.75 bits per heavy atom. The van der Waals surface area contributed by atoms with Crippen LogP contribution in [0.4, 0.5) is 5.69 Å². The fourth-order valence-electron chi connectivity index (χ4n) is 3.65. The normalized spacial score (nSPS) is 20.4. The third-order valence-electron chi connectivity index (χ3n) is 4.96. The first-order valence-electron chi connectivity index (χ1n) is 8.01. The molecule has 0 unspecified atom stereocenters. The van der Waals surface area contributed by atoms with Gasteiger partial charge in [-0.3, -0.25) is 4.90 Å². The van der Waals surface area contributed by atoms with E-state index in [1.807, 2.05) is 0 Å². The topological polar surface area (TPSA) is 32.5 Å². The van der Waals surface area contributed by atoms with Gasteiger partial charge >= 0.3 is 0 Å². The molecule has 1 saturated heterocycles. The molecule has 1 fully saturated rings. The lowest BCUT2D eigenvalue weighted by molar-refractivity contribution is 0.173. The lowest BCUT2D eigenvalue weighted by Gasteiger charge is -2.32. The van der Waals surface area contributed by atoms with E-state index >= 15 is 0 Å². The van der Waals surface area contributed by atoms with Gasteiger partial charge in [0.05, 0.1) is 0 Å². The predicted octanol–water partition coefficient (Wildman–Crippen LogP) is 2.24. The molecule has 1 aromatic carbocycles. The second-order valence-electron chi connectivity index (χ2n) is 6.43. The molecule has 3 heteroatoms. The van der Waals surface area contributed by atoms with Gasteiger partial charge in [0, 0.05) is 25.8 Å². The van der Waals surface area contributed by atoms with Gasteiger partial charge in [-0.2, -0.15) is 0 Å². The number of piperidine rings is 1. The second-order valence-corrected chi connectivity index (χ2v) is 6.43. The van der Waals surface area contributed by atoms with Gasteiger partial charge in [0.15, 0.2) is 0 Å². The molecule has 0 atom stereocenters. The van der Waals surface area contributed by atoms with Crippen LogP contribution in [0.1, 0.15) is 30.4 Å². The summed E-state index contributed by atoms with van der Waals surface area (Å²) in [6.07, 6.45) is 5.06. The highest BCUT2D eigenvalue weighted by Crippen LogP contribution is 2.28. The maximum atomic E-state index is 5.66. The minimum atomic E-state index is 0.850. The van der Waals surface area contributed by atoms with Crippen molar-refractivity contribution in [3.63, 3.8) is 0 Å². The van der Waals surface area contributed by atoms with E-state index in [2.05, 4.69) is 35.0 Å². The zero-order chi connectivity index (χ0) is 13.9. The molecule has 0 aromatic heterocycles. The third-order valence-corrected chi connectivity index (χ3v) is 4.96. The fraction of sp³-hybridized carbons (Fsp3) is 0.647. The monoisotopic (exact) mass is 273 g/mol. The van der Waals surface area contributed by atoms with Crippen molar-refractivity contribution in [3.05, 3.63) is 29.3 Å². The lowest BCUT2D eigenvalue weighted by Crippen LogP contribution is -2.33. The van der Waals surface area contributed by atoms with Crippen molar-refractivity contribution < 1.29 is 0 Å². The molecule has 0 amide bonds. The molecule has 0 saturated carbocycles. The largest absolute Gasteiger partial charge is 0.374 e. The van der Waals surface area contributed by atoms with Gasteiger partial charge in [-0.05, 0) is 68.4 Å². The van der Waals surface area contributed by atoms with E-state index in [9.17, 15) is 0 Å². The summed E-state index contributed by atoms with van der Waals surface area (Å²) in [5.41, 5.74) is 10.1. The molecule has 0 aliphatic carbocycles. The minimum Gasteiger partial charge on any atom is -0.374 e. The number of likely N-dealkylation sites (N-methyl/N-ethyl adjacent to an activating group) is 1. The lowest BCUT2D eigenvalue weighted by atomic mass is 9.93. The number of likely N-dealkylation sites (tertiary alicyclic amines) is 1. The highest BCUT2D eigenvalue weighted by atomic mass is 15.1. The molecule has 2 aliphatic rings. The van der Waals surface area contributed by atoms with Crippen molar-refractivity contribution in [2.45, 2.75) is 32.2 Å². The van der Waals surface area contributed by atoms with Crippen LogP contribution in [0.2, 0.25) is 0 Å². The quantitative estimate of drug-likeness (QED) is 0.913. The Bertz CT molecular complexity index is 450. The summed E-state index contributed by atoms with van der Waals surface area (Å²) in [5.74, 6) is 0.866. The molecular weight excluding hydrogens is 246 g/mol. The van der Waals surface area contributed by atoms with Gasteiger partial charge in [0.1, 0.15) is 0 Å². The molecule has 20 heavy (non-hydrogen) atoms. The van der Waals surface area contributed by atoms with Crippen LogP contribution < -0.4 is 10.6 Å². The van der Waals surface area contributed by atoms with Gasteiger partial charge in [-0.15, -0.1) is 0 Å². The third kappa shape index (κ3) is 2.99. The summed E-state index contributed by atoms with van der Waals surface area (Å²) in [4.78, 5) is 4.96. The highest BCUT2D eigenvalue weighted by Gasteiger charge is 2.20. The summed E-state index contributed by atoms with van der Waals surface area (Å²) >= 11 is 0. The van der Waals surface area contributed by atoms with Crippen LogP contribution in [0.25, 0.3) is 0 Å². The van der Waals surface area contributed by atoms with Crippen LogP contribution >= 0.6 is 0 Å². The summed E-state index contributed by atoms with van der Waals surface area (Å²) in [6.45, 7) is 5.61. The van der Waals surface area contributed by atoms with Gasteiger partial charge in [-0.25, -0.2) is 0 Å². The zero-order valence-corrected chi connectivity index (χ0v) is 12.6. The van der Waals surface area contributed by atoms with Gasteiger partial charge in [-0.1, -0.05) is 12.1 Å². The SMILES string of the molecule is CN1CCc2cc(CN3CCC(CCN)CC3)ccc21. The molecule has 2 heterocycles.